The maximum atomic E-state index is 14.3. The minimum atomic E-state index is -1.65. The summed E-state index contributed by atoms with van der Waals surface area (Å²) < 4.78 is 63.5. The zero-order valence-corrected chi connectivity index (χ0v) is 18.2. The molecule has 0 aliphatic heterocycles. The molecule has 166 valence electrons. The number of rotatable bonds is 7. The number of amides is 1. The number of hydrogen-bond acceptors (Lipinski definition) is 3. The van der Waals surface area contributed by atoms with Gasteiger partial charge < -0.3 is 10.1 Å². The summed E-state index contributed by atoms with van der Waals surface area (Å²) in [5, 5.41) is 6.74. The van der Waals surface area contributed by atoms with Crippen molar-refractivity contribution in [3.05, 3.63) is 45.2 Å². The van der Waals surface area contributed by atoms with Crippen LogP contribution >= 0.6 is 11.6 Å². The van der Waals surface area contributed by atoms with Crippen LogP contribution < -0.4 is 10.1 Å². The molecule has 2 rings (SSSR count). The number of benzene rings is 1. The molecule has 1 amide bonds. The molecule has 0 radical (unpaired) electrons. The molecule has 1 N–H and O–H groups in total. The Morgan fingerprint density at radius 2 is 1.70 bits per heavy atom. The maximum absolute atomic E-state index is 14.3. The van der Waals surface area contributed by atoms with Gasteiger partial charge in [-0.05, 0) is 11.8 Å². The second-order valence-corrected chi connectivity index (χ2v) is 8.43. The van der Waals surface area contributed by atoms with Gasteiger partial charge in [0, 0.05) is 19.2 Å². The van der Waals surface area contributed by atoms with Gasteiger partial charge in [-0.2, -0.15) is 13.9 Å². The largest absolute Gasteiger partial charge is 0.487 e. The van der Waals surface area contributed by atoms with Crippen LogP contribution in [0, 0.1) is 28.7 Å². The van der Waals surface area contributed by atoms with Gasteiger partial charge in [0.2, 0.25) is 17.5 Å². The van der Waals surface area contributed by atoms with Crippen molar-refractivity contribution >= 4 is 17.5 Å². The fourth-order valence-electron chi connectivity index (χ4n) is 2.64. The first-order valence-electron chi connectivity index (χ1n) is 9.31. The van der Waals surface area contributed by atoms with Crippen LogP contribution in [-0.4, -0.2) is 22.3 Å². The van der Waals surface area contributed by atoms with E-state index in [2.05, 4.69) is 10.4 Å². The second kappa shape index (κ2) is 9.24. The zero-order valence-electron chi connectivity index (χ0n) is 17.4. The molecule has 2 aromatic rings. The number of ether oxygens (including phenoxy) is 1. The molecule has 0 aliphatic carbocycles. The summed E-state index contributed by atoms with van der Waals surface area (Å²) in [6.07, 6.45) is 0.343. The number of aryl methyl sites for hydroxylation is 2. The summed E-state index contributed by atoms with van der Waals surface area (Å²) in [5.74, 6) is -8.30. The predicted octanol–water partition coefficient (Wildman–Crippen LogP) is 4.48. The van der Waals surface area contributed by atoms with Crippen LogP contribution in [0.1, 0.15) is 44.6 Å². The summed E-state index contributed by atoms with van der Waals surface area (Å²) >= 11 is 6.17. The van der Waals surface area contributed by atoms with E-state index in [1.165, 1.54) is 4.68 Å². The van der Waals surface area contributed by atoms with Gasteiger partial charge in [-0.3, -0.25) is 9.48 Å². The molecule has 0 unspecified atom stereocenters. The van der Waals surface area contributed by atoms with E-state index in [0.29, 0.717) is 22.8 Å². The quantitative estimate of drug-likeness (QED) is 0.501. The number of halogens is 5. The summed E-state index contributed by atoms with van der Waals surface area (Å²) in [4.78, 5) is 12.2. The highest BCUT2D eigenvalue weighted by Gasteiger charge is 2.28. The first kappa shape index (κ1) is 24.0. The SMILES string of the molecule is CCc1nn(C)c(CC(=O)NCc2c(F)c(F)c(OCC(C)(C)C)c(F)c2F)c1Cl. The van der Waals surface area contributed by atoms with Gasteiger partial charge in [0.25, 0.3) is 0 Å². The van der Waals surface area contributed by atoms with Gasteiger partial charge in [0.15, 0.2) is 17.4 Å². The molecule has 0 saturated heterocycles. The van der Waals surface area contributed by atoms with E-state index in [0.717, 1.165) is 0 Å². The zero-order chi connectivity index (χ0) is 22.8. The number of carbonyl (C=O) groups excluding carboxylic acids is 1. The highest BCUT2D eigenvalue weighted by atomic mass is 35.5. The van der Waals surface area contributed by atoms with E-state index >= 15 is 0 Å². The van der Waals surface area contributed by atoms with Crippen LogP contribution in [0.15, 0.2) is 0 Å². The van der Waals surface area contributed by atoms with Crippen molar-refractivity contribution in [3.63, 3.8) is 0 Å². The standard InChI is InChI=1S/C20H24ClF4N3O2/c1-6-11-14(21)12(28(5)27-11)7-13(29)26-8-10-15(22)17(24)19(18(25)16(10)23)30-9-20(2,3)4/h6-9H2,1-5H3,(H,26,29). The van der Waals surface area contributed by atoms with Crippen molar-refractivity contribution in [2.24, 2.45) is 12.5 Å². The average molecular weight is 450 g/mol. The summed E-state index contributed by atoms with van der Waals surface area (Å²) in [5.41, 5.74) is -0.403. The number of aromatic nitrogens is 2. The Hall–Kier alpha value is -2.29. The Bertz CT molecular complexity index is 926. The smallest absolute Gasteiger partial charge is 0.226 e. The Labute approximate surface area is 177 Å². The molecular formula is C20H24ClF4N3O2. The highest BCUT2D eigenvalue weighted by Crippen LogP contribution is 2.31. The van der Waals surface area contributed by atoms with Crippen LogP contribution in [-0.2, 0) is 31.2 Å². The molecule has 0 fully saturated rings. The highest BCUT2D eigenvalue weighted by molar-refractivity contribution is 6.32. The van der Waals surface area contributed by atoms with Gasteiger partial charge in [-0.1, -0.05) is 39.3 Å². The Morgan fingerprint density at radius 3 is 2.17 bits per heavy atom. The molecular weight excluding hydrogens is 426 g/mol. The summed E-state index contributed by atoms with van der Waals surface area (Å²) in [6, 6.07) is 0. The number of hydrogen-bond donors (Lipinski definition) is 1. The molecule has 10 heteroatoms. The van der Waals surface area contributed by atoms with E-state index in [-0.39, 0.29) is 13.0 Å². The van der Waals surface area contributed by atoms with Crippen LogP contribution in [0.4, 0.5) is 17.6 Å². The van der Waals surface area contributed by atoms with Crippen molar-refractivity contribution in [2.45, 2.75) is 47.1 Å². The van der Waals surface area contributed by atoms with Crippen molar-refractivity contribution < 1.29 is 27.1 Å². The Morgan fingerprint density at radius 1 is 1.13 bits per heavy atom. The minimum absolute atomic E-state index is 0.152. The molecule has 30 heavy (non-hydrogen) atoms. The van der Waals surface area contributed by atoms with Crippen molar-refractivity contribution in [1.82, 2.24) is 15.1 Å². The molecule has 1 aromatic carbocycles. The molecule has 1 aromatic heterocycles. The van der Waals surface area contributed by atoms with Gasteiger partial charge >= 0.3 is 0 Å². The third-order valence-electron chi connectivity index (χ3n) is 4.26. The molecule has 0 bridgehead atoms. The fourth-order valence-corrected chi connectivity index (χ4v) is 3.00. The van der Waals surface area contributed by atoms with Crippen LogP contribution in [0.2, 0.25) is 5.02 Å². The molecule has 0 spiro atoms. The molecule has 0 aliphatic rings. The summed E-state index contributed by atoms with van der Waals surface area (Å²) in [6.45, 7) is 6.15. The van der Waals surface area contributed by atoms with Crippen LogP contribution in [0.25, 0.3) is 0 Å². The normalized spacial score (nSPS) is 11.7. The lowest BCUT2D eigenvalue weighted by Crippen LogP contribution is -2.27. The van der Waals surface area contributed by atoms with Crippen molar-refractivity contribution in [1.29, 1.82) is 0 Å². The Balaban J connectivity index is 2.17. The lowest BCUT2D eigenvalue weighted by atomic mass is 9.99. The van der Waals surface area contributed by atoms with Gasteiger partial charge in [0.1, 0.15) is 0 Å². The monoisotopic (exact) mass is 449 g/mol. The lowest BCUT2D eigenvalue weighted by molar-refractivity contribution is -0.120. The maximum Gasteiger partial charge on any atom is 0.226 e. The third kappa shape index (κ3) is 5.24. The minimum Gasteiger partial charge on any atom is -0.487 e. The third-order valence-corrected chi connectivity index (χ3v) is 4.69. The first-order valence-corrected chi connectivity index (χ1v) is 9.69. The predicted molar refractivity (Wildman–Crippen MR) is 104 cm³/mol. The van der Waals surface area contributed by atoms with Crippen molar-refractivity contribution in [2.75, 3.05) is 6.61 Å². The van der Waals surface area contributed by atoms with E-state index < -0.39 is 52.4 Å². The van der Waals surface area contributed by atoms with E-state index in [9.17, 15) is 22.4 Å². The average Bonchev–Trinajstić information content (AvgIpc) is 2.93. The number of nitrogens with one attached hydrogen (secondary N) is 1. The van der Waals surface area contributed by atoms with Crippen LogP contribution in [0.5, 0.6) is 5.75 Å². The van der Waals surface area contributed by atoms with Gasteiger partial charge in [0.05, 0.1) is 29.4 Å². The fraction of sp³-hybridized carbons (Fsp3) is 0.500. The van der Waals surface area contributed by atoms with Crippen LogP contribution in [0.3, 0.4) is 0 Å². The van der Waals surface area contributed by atoms with E-state index in [1.54, 1.807) is 27.8 Å². The van der Waals surface area contributed by atoms with E-state index in [4.69, 9.17) is 16.3 Å². The Kier molecular flexibility index (Phi) is 7.39. The molecule has 0 atom stereocenters. The first-order chi connectivity index (χ1) is 13.9. The number of nitrogens with zero attached hydrogens (tertiary/aromatic N) is 2. The van der Waals surface area contributed by atoms with Crippen molar-refractivity contribution in [3.8, 4) is 5.75 Å². The topological polar surface area (TPSA) is 56.2 Å². The number of carbonyl (C=O) groups is 1. The van der Waals surface area contributed by atoms with E-state index in [1.807, 2.05) is 6.92 Å². The second-order valence-electron chi connectivity index (χ2n) is 8.05. The summed E-state index contributed by atoms with van der Waals surface area (Å²) in [7, 11) is 1.61. The van der Waals surface area contributed by atoms with Gasteiger partial charge in [-0.15, -0.1) is 0 Å². The van der Waals surface area contributed by atoms with Gasteiger partial charge in [-0.25, -0.2) is 8.78 Å². The lowest BCUT2D eigenvalue weighted by Gasteiger charge is -2.20. The molecule has 5 nitrogen and oxygen atoms in total. The molecule has 1 heterocycles. The molecule has 0 saturated carbocycles.